The minimum Gasteiger partial charge on any atom is -0.497 e. The van der Waals surface area contributed by atoms with E-state index in [1.165, 1.54) is 0 Å². The smallest absolute Gasteiger partial charge is 0.156 e. The van der Waals surface area contributed by atoms with E-state index >= 15 is 0 Å². The predicted octanol–water partition coefficient (Wildman–Crippen LogP) is 2.02. The lowest BCUT2D eigenvalue weighted by molar-refractivity contribution is 0.00284. The van der Waals surface area contributed by atoms with Crippen LogP contribution in [-0.2, 0) is 15.4 Å². The van der Waals surface area contributed by atoms with Gasteiger partial charge in [0.1, 0.15) is 11.5 Å². The maximum absolute atomic E-state index is 12.4. The lowest BCUT2D eigenvalue weighted by atomic mass is 9.80. The van der Waals surface area contributed by atoms with Gasteiger partial charge in [-0.2, -0.15) is 0 Å². The molecule has 0 aliphatic carbocycles. The molecule has 6 heteroatoms. The van der Waals surface area contributed by atoms with Crippen molar-refractivity contribution >= 4 is 9.84 Å². The van der Waals surface area contributed by atoms with E-state index in [2.05, 4.69) is 0 Å². The van der Waals surface area contributed by atoms with Gasteiger partial charge in [0.05, 0.1) is 30.3 Å². The van der Waals surface area contributed by atoms with Crippen LogP contribution in [0.1, 0.15) is 37.7 Å². The maximum atomic E-state index is 12.4. The zero-order valence-electron chi connectivity index (χ0n) is 12.9. The van der Waals surface area contributed by atoms with Gasteiger partial charge in [0.15, 0.2) is 9.84 Å². The fourth-order valence-corrected chi connectivity index (χ4v) is 6.40. The molecule has 2 aliphatic rings. The Kier molecular flexibility index (Phi) is 3.85. The first-order valence-electron chi connectivity index (χ1n) is 7.58. The van der Waals surface area contributed by atoms with E-state index in [1.807, 2.05) is 0 Å². The van der Waals surface area contributed by atoms with Crippen molar-refractivity contribution in [2.45, 2.75) is 48.2 Å². The Morgan fingerprint density at radius 3 is 2.32 bits per heavy atom. The topological polar surface area (TPSA) is 72.8 Å². The third kappa shape index (κ3) is 2.38. The number of benzene rings is 1. The average Bonchev–Trinajstić information content (AvgIpc) is 2.48. The largest absolute Gasteiger partial charge is 0.497 e. The second kappa shape index (κ2) is 5.42. The minimum atomic E-state index is -3.11. The highest BCUT2D eigenvalue weighted by Gasteiger charge is 2.51. The summed E-state index contributed by atoms with van der Waals surface area (Å²) in [6.07, 6.45) is 2.64. The van der Waals surface area contributed by atoms with Crippen LogP contribution in [0, 0.1) is 0 Å². The van der Waals surface area contributed by atoms with Crippen LogP contribution in [-0.4, -0.2) is 38.2 Å². The molecule has 2 bridgehead atoms. The molecule has 0 spiro atoms. The molecule has 1 aromatic carbocycles. The van der Waals surface area contributed by atoms with Gasteiger partial charge in [0.2, 0.25) is 0 Å². The molecule has 3 rings (SSSR count). The predicted molar refractivity (Wildman–Crippen MR) is 83.0 cm³/mol. The molecule has 2 heterocycles. The first kappa shape index (κ1) is 15.6. The fourth-order valence-electron chi connectivity index (χ4n) is 3.84. The lowest BCUT2D eigenvalue weighted by Gasteiger charge is -2.44. The molecule has 22 heavy (non-hydrogen) atoms. The Bertz CT molecular complexity index is 647. The number of fused-ring (bicyclic) bond motifs is 2. The molecule has 0 amide bonds. The zero-order chi connectivity index (χ0) is 16.0. The van der Waals surface area contributed by atoms with Gasteiger partial charge in [-0.05, 0) is 43.9 Å². The van der Waals surface area contributed by atoms with Crippen molar-refractivity contribution in [1.29, 1.82) is 0 Å². The fraction of sp³-hybridized carbons (Fsp3) is 0.625. The van der Waals surface area contributed by atoms with E-state index in [0.29, 0.717) is 29.9 Å². The van der Waals surface area contributed by atoms with Gasteiger partial charge in [-0.1, -0.05) is 6.42 Å². The molecule has 2 aliphatic heterocycles. The van der Waals surface area contributed by atoms with Gasteiger partial charge in [0, 0.05) is 5.56 Å². The van der Waals surface area contributed by atoms with Gasteiger partial charge in [-0.15, -0.1) is 0 Å². The van der Waals surface area contributed by atoms with Crippen LogP contribution in [0.15, 0.2) is 18.2 Å². The summed E-state index contributed by atoms with van der Waals surface area (Å²) in [5, 5.41) is 10.3. The van der Waals surface area contributed by atoms with Crippen LogP contribution in [0.25, 0.3) is 0 Å². The third-order valence-electron chi connectivity index (χ3n) is 5.02. The second-order valence-electron chi connectivity index (χ2n) is 6.27. The Morgan fingerprint density at radius 2 is 1.77 bits per heavy atom. The van der Waals surface area contributed by atoms with Crippen LogP contribution in [0.5, 0.6) is 11.5 Å². The molecule has 2 fully saturated rings. The number of hydrogen-bond acceptors (Lipinski definition) is 5. The van der Waals surface area contributed by atoms with Crippen LogP contribution >= 0.6 is 0 Å². The summed E-state index contributed by atoms with van der Waals surface area (Å²) in [5.74, 6) is 1.20. The summed E-state index contributed by atoms with van der Waals surface area (Å²) in [4.78, 5) is 0. The van der Waals surface area contributed by atoms with Crippen molar-refractivity contribution in [2.75, 3.05) is 14.2 Å². The van der Waals surface area contributed by atoms with Crippen molar-refractivity contribution in [3.63, 3.8) is 0 Å². The molecule has 1 N–H and O–H groups in total. The zero-order valence-corrected chi connectivity index (χ0v) is 13.7. The minimum absolute atomic E-state index is 0.232. The quantitative estimate of drug-likeness (QED) is 0.920. The Labute approximate surface area is 131 Å². The number of ether oxygens (including phenoxy) is 2. The van der Waals surface area contributed by atoms with Gasteiger partial charge < -0.3 is 14.6 Å². The summed E-state index contributed by atoms with van der Waals surface area (Å²) in [6, 6.07) is 5.28. The van der Waals surface area contributed by atoms with E-state index in [9.17, 15) is 13.5 Å². The molecular formula is C16H22O5S. The van der Waals surface area contributed by atoms with Gasteiger partial charge >= 0.3 is 0 Å². The van der Waals surface area contributed by atoms with Crippen molar-refractivity contribution in [3.05, 3.63) is 23.8 Å². The Morgan fingerprint density at radius 1 is 1.14 bits per heavy atom. The first-order valence-corrected chi connectivity index (χ1v) is 9.19. The summed E-state index contributed by atoms with van der Waals surface area (Å²) < 4.78 is 35.5. The van der Waals surface area contributed by atoms with Crippen LogP contribution in [0.3, 0.4) is 0 Å². The Balaban J connectivity index is 2.04. The van der Waals surface area contributed by atoms with E-state index in [4.69, 9.17) is 9.47 Å². The van der Waals surface area contributed by atoms with E-state index in [0.717, 1.165) is 6.42 Å². The van der Waals surface area contributed by atoms with E-state index in [-0.39, 0.29) is 12.8 Å². The van der Waals surface area contributed by atoms with Gasteiger partial charge in [0.25, 0.3) is 0 Å². The van der Waals surface area contributed by atoms with E-state index in [1.54, 1.807) is 32.4 Å². The normalized spacial score (nSPS) is 33.2. The summed E-state index contributed by atoms with van der Waals surface area (Å²) in [7, 11) is 0.00397. The Hall–Kier alpha value is -1.27. The van der Waals surface area contributed by atoms with Crippen LogP contribution in [0.2, 0.25) is 0 Å². The summed E-state index contributed by atoms with van der Waals surface area (Å²) >= 11 is 0. The molecule has 5 nitrogen and oxygen atoms in total. The highest BCUT2D eigenvalue weighted by Crippen LogP contribution is 2.48. The van der Waals surface area contributed by atoms with Crippen molar-refractivity contribution < 1.29 is 23.0 Å². The molecule has 0 radical (unpaired) electrons. The molecule has 1 aromatic rings. The standard InChI is InChI=1S/C16H22O5S/c1-20-11-6-7-15(21-2)14(8-11)16(17)9-12-4-3-5-13(10-16)22(12,18)19/h6-8,12-13,17H,3-5,9-10H2,1-2H3. The number of methoxy groups -OCH3 is 2. The molecule has 2 unspecified atom stereocenters. The molecule has 2 saturated heterocycles. The van der Waals surface area contributed by atoms with E-state index < -0.39 is 25.9 Å². The maximum Gasteiger partial charge on any atom is 0.156 e. The van der Waals surface area contributed by atoms with Gasteiger partial charge in [-0.25, -0.2) is 8.42 Å². The average molecular weight is 326 g/mol. The number of hydrogen-bond donors (Lipinski definition) is 1. The van der Waals surface area contributed by atoms with Crippen molar-refractivity contribution in [3.8, 4) is 11.5 Å². The SMILES string of the molecule is COc1ccc(OC)c(C2(O)CC3CCCC(C2)S3(=O)=O)c1. The summed E-state index contributed by atoms with van der Waals surface area (Å²) in [5.41, 5.74) is -0.554. The van der Waals surface area contributed by atoms with Crippen LogP contribution < -0.4 is 9.47 Å². The van der Waals surface area contributed by atoms with Gasteiger partial charge in [-0.3, -0.25) is 0 Å². The number of sulfone groups is 1. The van der Waals surface area contributed by atoms with Crippen molar-refractivity contribution in [1.82, 2.24) is 0 Å². The number of aliphatic hydroxyl groups is 1. The highest BCUT2D eigenvalue weighted by molar-refractivity contribution is 7.92. The second-order valence-corrected chi connectivity index (χ2v) is 8.78. The van der Waals surface area contributed by atoms with Crippen molar-refractivity contribution in [2.24, 2.45) is 0 Å². The monoisotopic (exact) mass is 326 g/mol. The number of rotatable bonds is 3. The molecular weight excluding hydrogens is 304 g/mol. The summed E-state index contributed by atoms with van der Waals surface area (Å²) in [6.45, 7) is 0. The molecule has 2 atom stereocenters. The third-order valence-corrected chi connectivity index (χ3v) is 7.68. The molecule has 122 valence electrons. The first-order chi connectivity index (χ1) is 10.4. The molecule has 0 saturated carbocycles. The molecule has 0 aromatic heterocycles. The highest BCUT2D eigenvalue weighted by atomic mass is 32.2. The van der Waals surface area contributed by atoms with Crippen LogP contribution in [0.4, 0.5) is 0 Å². The lowest BCUT2D eigenvalue weighted by Crippen LogP contribution is -2.50.